The molecular formula is C21H25NO3. The van der Waals surface area contributed by atoms with Gasteiger partial charge in [-0.3, -0.25) is 5.32 Å². The van der Waals surface area contributed by atoms with Gasteiger partial charge < -0.3 is 9.84 Å². The summed E-state index contributed by atoms with van der Waals surface area (Å²) < 4.78 is 5.76. The summed E-state index contributed by atoms with van der Waals surface area (Å²) in [6, 6.07) is 13.7. The van der Waals surface area contributed by atoms with Crippen molar-refractivity contribution < 1.29 is 14.6 Å². The molecule has 0 aromatic heterocycles. The Morgan fingerprint density at radius 2 is 1.84 bits per heavy atom. The summed E-state index contributed by atoms with van der Waals surface area (Å²) >= 11 is 0. The highest BCUT2D eigenvalue weighted by Gasteiger charge is 2.66. The molecular weight excluding hydrogens is 314 g/mol. The van der Waals surface area contributed by atoms with E-state index in [1.165, 1.54) is 0 Å². The molecule has 0 heterocycles. The third kappa shape index (κ3) is 2.89. The molecule has 0 aliphatic heterocycles. The Balaban J connectivity index is 1.50. The maximum atomic E-state index is 12.5. The number of ether oxygens (including phenoxy) is 1. The molecule has 2 N–H and O–H groups in total. The standard InChI is InChI=1S/C21H25NO3/c1-20(2)15-11-21(3,24)12-17(18(15)20)25-19(23)22-16-10-6-8-13-7-4-5-9-14(13)16/h4-10,15,17-18,24H,11-12H2,1-3H3,(H,22,23). The minimum absolute atomic E-state index is 0.130. The van der Waals surface area contributed by atoms with E-state index in [0.717, 1.165) is 22.9 Å². The van der Waals surface area contributed by atoms with Crippen LogP contribution in [0.25, 0.3) is 10.8 Å². The number of hydrogen-bond donors (Lipinski definition) is 2. The van der Waals surface area contributed by atoms with Crippen molar-refractivity contribution in [2.24, 2.45) is 17.3 Å². The highest BCUT2D eigenvalue weighted by molar-refractivity contribution is 6.00. The molecule has 2 aromatic carbocycles. The first-order valence-electron chi connectivity index (χ1n) is 8.96. The number of amides is 1. The fourth-order valence-corrected chi connectivity index (χ4v) is 4.76. The summed E-state index contributed by atoms with van der Waals surface area (Å²) in [6.45, 7) is 6.24. The van der Waals surface area contributed by atoms with E-state index < -0.39 is 11.7 Å². The van der Waals surface area contributed by atoms with Crippen molar-refractivity contribution in [1.82, 2.24) is 0 Å². The van der Waals surface area contributed by atoms with Gasteiger partial charge >= 0.3 is 6.09 Å². The fourth-order valence-electron chi connectivity index (χ4n) is 4.76. The third-order valence-electron chi connectivity index (χ3n) is 6.13. The number of fused-ring (bicyclic) bond motifs is 2. The minimum Gasteiger partial charge on any atom is -0.446 e. The zero-order chi connectivity index (χ0) is 17.8. The second-order valence-electron chi connectivity index (χ2n) is 8.45. The SMILES string of the molecule is CC1(O)CC(OC(=O)Nc2cccc3ccccc23)C2C(C1)C2(C)C. The smallest absolute Gasteiger partial charge is 0.411 e. The van der Waals surface area contributed by atoms with Crippen molar-refractivity contribution >= 4 is 22.6 Å². The Bertz CT molecular complexity index is 820. The lowest BCUT2D eigenvalue weighted by Crippen LogP contribution is -2.39. The summed E-state index contributed by atoms with van der Waals surface area (Å²) in [4.78, 5) is 12.5. The molecule has 0 saturated heterocycles. The van der Waals surface area contributed by atoms with Gasteiger partial charge in [0.15, 0.2) is 0 Å². The molecule has 132 valence electrons. The molecule has 1 amide bonds. The Morgan fingerprint density at radius 1 is 1.12 bits per heavy atom. The first-order chi connectivity index (χ1) is 11.8. The van der Waals surface area contributed by atoms with Gasteiger partial charge in [-0.15, -0.1) is 0 Å². The van der Waals surface area contributed by atoms with E-state index in [2.05, 4.69) is 19.2 Å². The Kier molecular flexibility index (Phi) is 3.58. The van der Waals surface area contributed by atoms with Crippen LogP contribution < -0.4 is 5.32 Å². The van der Waals surface area contributed by atoms with Crippen molar-refractivity contribution in [3.05, 3.63) is 42.5 Å². The molecule has 0 spiro atoms. The predicted octanol–water partition coefficient (Wildman–Crippen LogP) is 4.57. The first-order valence-corrected chi connectivity index (χ1v) is 8.96. The van der Waals surface area contributed by atoms with Crippen LogP contribution in [0, 0.1) is 17.3 Å². The van der Waals surface area contributed by atoms with Crippen molar-refractivity contribution in [2.75, 3.05) is 5.32 Å². The lowest BCUT2D eigenvalue weighted by molar-refractivity contribution is -0.0396. The Morgan fingerprint density at radius 3 is 2.64 bits per heavy atom. The van der Waals surface area contributed by atoms with E-state index in [9.17, 15) is 9.90 Å². The van der Waals surface area contributed by atoms with Gasteiger partial charge in [0.25, 0.3) is 0 Å². The van der Waals surface area contributed by atoms with E-state index in [4.69, 9.17) is 4.74 Å². The normalized spacial score (nSPS) is 32.7. The molecule has 0 bridgehead atoms. The lowest BCUT2D eigenvalue weighted by atomic mass is 9.85. The quantitative estimate of drug-likeness (QED) is 0.842. The minimum atomic E-state index is -0.765. The van der Waals surface area contributed by atoms with Gasteiger partial charge in [-0.05, 0) is 36.1 Å². The summed E-state index contributed by atoms with van der Waals surface area (Å²) in [5.41, 5.74) is 0.113. The van der Waals surface area contributed by atoms with Crippen molar-refractivity contribution in [3.8, 4) is 0 Å². The summed E-state index contributed by atoms with van der Waals surface area (Å²) in [7, 11) is 0. The number of carbonyl (C=O) groups is 1. The predicted molar refractivity (Wildman–Crippen MR) is 98.5 cm³/mol. The van der Waals surface area contributed by atoms with Crippen molar-refractivity contribution in [3.63, 3.8) is 0 Å². The van der Waals surface area contributed by atoms with E-state index in [-0.39, 0.29) is 11.5 Å². The van der Waals surface area contributed by atoms with Crippen LogP contribution in [0.3, 0.4) is 0 Å². The van der Waals surface area contributed by atoms with Crippen LogP contribution in [0.2, 0.25) is 0 Å². The summed E-state index contributed by atoms with van der Waals surface area (Å²) in [5.74, 6) is 0.762. The van der Waals surface area contributed by atoms with Gasteiger partial charge in [-0.25, -0.2) is 4.79 Å². The number of rotatable bonds is 2. The largest absolute Gasteiger partial charge is 0.446 e. The van der Waals surface area contributed by atoms with Crippen LogP contribution in [0.1, 0.15) is 33.6 Å². The number of anilines is 1. The Labute approximate surface area is 148 Å². The number of aliphatic hydroxyl groups is 1. The van der Waals surface area contributed by atoms with Crippen LogP contribution in [0.4, 0.5) is 10.5 Å². The molecule has 4 unspecified atom stereocenters. The van der Waals surface area contributed by atoms with Gasteiger partial charge in [0.05, 0.1) is 11.3 Å². The van der Waals surface area contributed by atoms with E-state index >= 15 is 0 Å². The van der Waals surface area contributed by atoms with Crippen molar-refractivity contribution in [2.45, 2.75) is 45.3 Å². The monoisotopic (exact) mass is 339 g/mol. The van der Waals surface area contributed by atoms with Crippen LogP contribution in [-0.4, -0.2) is 22.9 Å². The van der Waals surface area contributed by atoms with Gasteiger partial charge in [0, 0.05) is 17.7 Å². The summed E-state index contributed by atoms with van der Waals surface area (Å²) in [6.07, 6.45) is 0.606. The van der Waals surface area contributed by atoms with Crippen molar-refractivity contribution in [1.29, 1.82) is 0 Å². The third-order valence-corrected chi connectivity index (χ3v) is 6.13. The van der Waals surface area contributed by atoms with E-state index in [0.29, 0.717) is 18.3 Å². The molecule has 4 rings (SSSR count). The van der Waals surface area contributed by atoms with Gasteiger partial charge in [-0.1, -0.05) is 50.2 Å². The molecule has 2 aliphatic carbocycles. The molecule has 4 atom stereocenters. The second-order valence-corrected chi connectivity index (χ2v) is 8.45. The molecule has 2 aliphatic rings. The average Bonchev–Trinajstić information content (AvgIpc) is 3.07. The van der Waals surface area contributed by atoms with E-state index in [1.807, 2.05) is 49.4 Å². The molecule has 4 heteroatoms. The Hall–Kier alpha value is -2.07. The highest BCUT2D eigenvalue weighted by atomic mass is 16.6. The number of hydrogen-bond acceptors (Lipinski definition) is 3. The van der Waals surface area contributed by atoms with Crippen LogP contribution in [-0.2, 0) is 4.74 Å². The molecule has 2 saturated carbocycles. The molecule has 2 fully saturated rings. The molecule has 4 nitrogen and oxygen atoms in total. The highest BCUT2D eigenvalue weighted by Crippen LogP contribution is 2.67. The number of nitrogens with one attached hydrogen (secondary N) is 1. The average molecular weight is 339 g/mol. The topological polar surface area (TPSA) is 58.6 Å². The molecule has 2 aromatic rings. The zero-order valence-electron chi connectivity index (χ0n) is 15.0. The summed E-state index contributed by atoms with van der Waals surface area (Å²) in [5, 5.41) is 15.5. The van der Waals surface area contributed by atoms with Gasteiger partial charge in [0.2, 0.25) is 0 Å². The fraction of sp³-hybridized carbons (Fsp3) is 0.476. The zero-order valence-corrected chi connectivity index (χ0v) is 15.0. The maximum Gasteiger partial charge on any atom is 0.411 e. The first kappa shape index (κ1) is 16.4. The van der Waals surface area contributed by atoms with Gasteiger partial charge in [-0.2, -0.15) is 0 Å². The maximum absolute atomic E-state index is 12.5. The number of benzene rings is 2. The van der Waals surface area contributed by atoms with Gasteiger partial charge in [0.1, 0.15) is 6.10 Å². The lowest BCUT2D eigenvalue weighted by Gasteiger charge is -2.32. The van der Waals surface area contributed by atoms with Crippen LogP contribution in [0.5, 0.6) is 0 Å². The van der Waals surface area contributed by atoms with Crippen LogP contribution >= 0.6 is 0 Å². The van der Waals surface area contributed by atoms with E-state index in [1.54, 1.807) is 0 Å². The molecule has 0 radical (unpaired) electrons. The molecule has 25 heavy (non-hydrogen) atoms. The number of carbonyl (C=O) groups excluding carboxylic acids is 1. The van der Waals surface area contributed by atoms with Crippen LogP contribution in [0.15, 0.2) is 42.5 Å². The second kappa shape index (κ2) is 5.46.